The van der Waals surface area contributed by atoms with Gasteiger partial charge in [-0.2, -0.15) is 0 Å². The predicted octanol–water partition coefficient (Wildman–Crippen LogP) is 2.60. The van der Waals surface area contributed by atoms with Gasteiger partial charge in [0.1, 0.15) is 5.82 Å². The summed E-state index contributed by atoms with van der Waals surface area (Å²) in [4.78, 5) is 18.7. The summed E-state index contributed by atoms with van der Waals surface area (Å²) in [6.45, 7) is 5.28. The third-order valence-electron chi connectivity index (χ3n) is 3.73. The molecule has 0 saturated heterocycles. The number of rotatable bonds is 6. The fourth-order valence-electron chi connectivity index (χ4n) is 2.57. The fraction of sp³-hybridized carbons (Fsp3) is 0.412. The zero-order valence-corrected chi connectivity index (χ0v) is 13.7. The molecule has 0 radical (unpaired) electrons. The molecule has 0 aromatic carbocycles. The minimum atomic E-state index is 0.0337. The molecule has 2 heterocycles. The van der Waals surface area contributed by atoms with Crippen molar-refractivity contribution in [2.75, 3.05) is 27.3 Å². The lowest BCUT2D eigenvalue weighted by molar-refractivity contribution is 0.0778. The van der Waals surface area contributed by atoms with E-state index in [0.717, 1.165) is 29.2 Å². The summed E-state index contributed by atoms with van der Waals surface area (Å²) in [5.74, 6) is 0.866. The van der Waals surface area contributed by atoms with Crippen molar-refractivity contribution in [2.24, 2.45) is 0 Å². The van der Waals surface area contributed by atoms with Crippen LogP contribution >= 0.6 is 0 Å². The molecule has 0 unspecified atom stereocenters. The molecule has 0 fully saturated rings. The first-order valence-electron chi connectivity index (χ1n) is 7.41. The Morgan fingerprint density at radius 2 is 2.14 bits per heavy atom. The Morgan fingerprint density at radius 1 is 1.36 bits per heavy atom. The summed E-state index contributed by atoms with van der Waals surface area (Å²) in [6.07, 6.45) is 2.59. The Kier molecular flexibility index (Phi) is 5.33. The Labute approximate surface area is 131 Å². The number of aryl methyl sites for hydroxylation is 1. The number of amides is 1. The highest BCUT2D eigenvalue weighted by molar-refractivity contribution is 5.95. The lowest BCUT2D eigenvalue weighted by atomic mass is 10.2. The van der Waals surface area contributed by atoms with E-state index in [1.54, 1.807) is 18.2 Å². The summed E-state index contributed by atoms with van der Waals surface area (Å²) in [5, 5.41) is 0. The molecule has 0 aliphatic carbocycles. The number of ether oxygens (including phenoxy) is 1. The van der Waals surface area contributed by atoms with Crippen molar-refractivity contribution in [2.45, 2.75) is 20.3 Å². The van der Waals surface area contributed by atoms with E-state index in [9.17, 15) is 4.79 Å². The second-order valence-electron chi connectivity index (χ2n) is 5.38. The highest BCUT2D eigenvalue weighted by Gasteiger charge is 2.19. The predicted molar refractivity (Wildman–Crippen MR) is 86.5 cm³/mol. The Balaban J connectivity index is 2.25. The summed E-state index contributed by atoms with van der Waals surface area (Å²) in [5.41, 5.74) is 2.65. The van der Waals surface area contributed by atoms with Crippen LogP contribution in [0.2, 0.25) is 0 Å². The summed E-state index contributed by atoms with van der Waals surface area (Å²) in [7, 11) is 3.49. The standard InChI is InChI=1S/C17H23N3O2/c1-13-12-15(17(21)19(3)10-7-11-22-4)14(2)20(13)16-8-5-6-9-18-16/h5-6,8-9,12H,7,10-11H2,1-4H3. The van der Waals surface area contributed by atoms with E-state index >= 15 is 0 Å². The molecule has 2 rings (SSSR count). The van der Waals surface area contributed by atoms with E-state index in [0.29, 0.717) is 13.2 Å². The average molecular weight is 301 g/mol. The topological polar surface area (TPSA) is 47.4 Å². The van der Waals surface area contributed by atoms with Crippen LogP contribution in [0.4, 0.5) is 0 Å². The third kappa shape index (κ3) is 3.36. The van der Waals surface area contributed by atoms with Gasteiger partial charge in [-0.15, -0.1) is 0 Å². The Hall–Kier alpha value is -2.14. The first-order valence-corrected chi connectivity index (χ1v) is 7.41. The second-order valence-corrected chi connectivity index (χ2v) is 5.38. The maximum atomic E-state index is 12.6. The summed E-state index contributed by atoms with van der Waals surface area (Å²) in [6, 6.07) is 7.70. The van der Waals surface area contributed by atoms with E-state index in [-0.39, 0.29) is 5.91 Å². The monoisotopic (exact) mass is 301 g/mol. The molecule has 22 heavy (non-hydrogen) atoms. The molecule has 0 aliphatic heterocycles. The fourth-order valence-corrected chi connectivity index (χ4v) is 2.57. The van der Waals surface area contributed by atoms with Crippen LogP contribution in [0, 0.1) is 13.8 Å². The highest BCUT2D eigenvalue weighted by Crippen LogP contribution is 2.20. The molecule has 2 aromatic heterocycles. The Bertz CT molecular complexity index is 635. The number of carbonyl (C=O) groups is 1. The first-order chi connectivity index (χ1) is 10.6. The van der Waals surface area contributed by atoms with Crippen LogP contribution in [-0.2, 0) is 4.74 Å². The van der Waals surface area contributed by atoms with Crippen LogP contribution in [-0.4, -0.2) is 47.7 Å². The molecule has 0 spiro atoms. The van der Waals surface area contributed by atoms with E-state index < -0.39 is 0 Å². The van der Waals surface area contributed by atoms with Crippen molar-refractivity contribution in [3.05, 3.63) is 47.4 Å². The quantitative estimate of drug-likeness (QED) is 0.771. The zero-order chi connectivity index (χ0) is 16.1. The maximum Gasteiger partial charge on any atom is 0.255 e. The summed E-state index contributed by atoms with van der Waals surface area (Å²) < 4.78 is 7.04. The van der Waals surface area contributed by atoms with Gasteiger partial charge < -0.3 is 14.2 Å². The van der Waals surface area contributed by atoms with Gasteiger partial charge in [-0.1, -0.05) is 6.07 Å². The molecule has 118 valence electrons. The molecule has 0 bridgehead atoms. The van der Waals surface area contributed by atoms with E-state index in [4.69, 9.17) is 4.74 Å². The normalized spacial score (nSPS) is 10.7. The van der Waals surface area contributed by atoms with Gasteiger partial charge in [-0.05, 0) is 38.5 Å². The van der Waals surface area contributed by atoms with Gasteiger partial charge in [-0.25, -0.2) is 4.98 Å². The lowest BCUT2D eigenvalue weighted by Crippen LogP contribution is -2.28. The van der Waals surface area contributed by atoms with Crippen LogP contribution in [0.15, 0.2) is 30.5 Å². The van der Waals surface area contributed by atoms with Crippen molar-refractivity contribution in [3.8, 4) is 5.82 Å². The number of nitrogens with zero attached hydrogens (tertiary/aromatic N) is 3. The number of pyridine rings is 1. The van der Waals surface area contributed by atoms with Crippen LogP contribution in [0.5, 0.6) is 0 Å². The average Bonchev–Trinajstić information content (AvgIpc) is 2.82. The van der Waals surface area contributed by atoms with Crippen LogP contribution in [0.3, 0.4) is 0 Å². The molecular formula is C17H23N3O2. The SMILES string of the molecule is COCCCN(C)C(=O)c1cc(C)n(-c2ccccn2)c1C. The van der Waals surface area contributed by atoms with Crippen molar-refractivity contribution >= 4 is 5.91 Å². The first kappa shape index (κ1) is 16.2. The molecule has 2 aromatic rings. The molecule has 0 N–H and O–H groups in total. The van der Waals surface area contributed by atoms with Gasteiger partial charge in [0.2, 0.25) is 0 Å². The smallest absolute Gasteiger partial charge is 0.255 e. The zero-order valence-electron chi connectivity index (χ0n) is 13.7. The summed E-state index contributed by atoms with van der Waals surface area (Å²) >= 11 is 0. The minimum absolute atomic E-state index is 0.0337. The molecule has 0 aliphatic rings. The van der Waals surface area contributed by atoms with E-state index in [2.05, 4.69) is 4.98 Å². The van der Waals surface area contributed by atoms with Gasteiger partial charge in [0, 0.05) is 44.9 Å². The van der Waals surface area contributed by atoms with E-state index in [1.807, 2.05) is 49.7 Å². The maximum absolute atomic E-state index is 12.6. The van der Waals surface area contributed by atoms with Crippen LogP contribution in [0.1, 0.15) is 28.2 Å². The molecule has 0 atom stereocenters. The van der Waals surface area contributed by atoms with Gasteiger partial charge in [0.25, 0.3) is 5.91 Å². The minimum Gasteiger partial charge on any atom is -0.385 e. The van der Waals surface area contributed by atoms with Crippen LogP contribution in [0.25, 0.3) is 5.82 Å². The van der Waals surface area contributed by atoms with E-state index in [1.165, 1.54) is 0 Å². The van der Waals surface area contributed by atoms with Crippen molar-refractivity contribution in [3.63, 3.8) is 0 Å². The molecule has 5 heteroatoms. The molecule has 1 amide bonds. The van der Waals surface area contributed by atoms with Crippen molar-refractivity contribution in [1.29, 1.82) is 0 Å². The molecule has 5 nitrogen and oxygen atoms in total. The molecular weight excluding hydrogens is 278 g/mol. The number of methoxy groups -OCH3 is 1. The largest absolute Gasteiger partial charge is 0.385 e. The third-order valence-corrected chi connectivity index (χ3v) is 3.73. The number of carbonyl (C=O) groups excluding carboxylic acids is 1. The van der Waals surface area contributed by atoms with Gasteiger partial charge in [0.15, 0.2) is 0 Å². The van der Waals surface area contributed by atoms with Crippen molar-refractivity contribution in [1.82, 2.24) is 14.5 Å². The highest BCUT2D eigenvalue weighted by atomic mass is 16.5. The molecule has 0 saturated carbocycles. The van der Waals surface area contributed by atoms with Gasteiger partial charge >= 0.3 is 0 Å². The second kappa shape index (κ2) is 7.22. The number of hydrogen-bond acceptors (Lipinski definition) is 3. The number of hydrogen-bond donors (Lipinski definition) is 0. The number of aromatic nitrogens is 2. The van der Waals surface area contributed by atoms with Crippen LogP contribution < -0.4 is 0 Å². The van der Waals surface area contributed by atoms with Crippen molar-refractivity contribution < 1.29 is 9.53 Å². The lowest BCUT2D eigenvalue weighted by Gasteiger charge is -2.17. The van der Waals surface area contributed by atoms with Gasteiger partial charge in [0.05, 0.1) is 5.56 Å². The van der Waals surface area contributed by atoms with Gasteiger partial charge in [-0.3, -0.25) is 4.79 Å². The Morgan fingerprint density at radius 3 is 2.77 bits per heavy atom.